The first-order valence-electron chi connectivity index (χ1n) is 5.11. The van der Waals surface area contributed by atoms with Crippen molar-refractivity contribution >= 4 is 23.2 Å². The average molecular weight is 263 g/mol. The Balaban J connectivity index is 2.95. The summed E-state index contributed by atoms with van der Waals surface area (Å²) in [6.45, 7) is 0. The first-order chi connectivity index (χ1) is 7.68. The number of halogens is 2. The summed E-state index contributed by atoms with van der Waals surface area (Å²) in [6, 6.07) is 7.46. The zero-order chi connectivity index (χ0) is 12.0. The van der Waals surface area contributed by atoms with Gasteiger partial charge in [0.1, 0.15) is 0 Å². The van der Waals surface area contributed by atoms with Crippen LogP contribution in [0.4, 0.5) is 0 Å². The van der Waals surface area contributed by atoms with Crippen molar-refractivity contribution in [2.24, 2.45) is 0 Å². The maximum atomic E-state index is 5.85. The van der Waals surface area contributed by atoms with Gasteiger partial charge in [-0.15, -0.1) is 11.6 Å². The minimum atomic E-state index is -0.723. The van der Waals surface area contributed by atoms with Gasteiger partial charge in [0.25, 0.3) is 0 Å². The Morgan fingerprint density at radius 2 is 1.69 bits per heavy atom. The predicted octanol–water partition coefficient (Wildman–Crippen LogP) is 3.80. The quantitative estimate of drug-likeness (QED) is 0.574. The topological polar surface area (TPSA) is 18.5 Å². The summed E-state index contributed by atoms with van der Waals surface area (Å²) in [6.07, 6.45) is 1.54. The highest BCUT2D eigenvalue weighted by molar-refractivity contribution is 6.30. The third-order valence-corrected chi connectivity index (χ3v) is 3.10. The highest BCUT2D eigenvalue weighted by Crippen LogP contribution is 2.32. The second-order valence-electron chi connectivity index (χ2n) is 3.46. The zero-order valence-electron chi connectivity index (χ0n) is 9.50. The Labute approximate surface area is 106 Å². The molecule has 0 spiro atoms. The van der Waals surface area contributed by atoms with Crippen molar-refractivity contribution in [3.8, 4) is 0 Å². The molecule has 0 saturated carbocycles. The van der Waals surface area contributed by atoms with Crippen molar-refractivity contribution in [2.75, 3.05) is 20.1 Å². The van der Waals surface area contributed by atoms with Crippen LogP contribution < -0.4 is 0 Å². The summed E-state index contributed by atoms with van der Waals surface area (Å²) >= 11 is 11.6. The van der Waals surface area contributed by atoms with Crippen LogP contribution in [0, 0.1) is 0 Å². The molecule has 1 aromatic carbocycles. The van der Waals surface area contributed by atoms with E-state index in [1.54, 1.807) is 14.2 Å². The summed E-state index contributed by atoms with van der Waals surface area (Å²) in [5.41, 5.74) is 0.951. The number of hydrogen-bond donors (Lipinski definition) is 0. The fourth-order valence-corrected chi connectivity index (χ4v) is 1.93. The number of ether oxygens (including phenoxy) is 2. The van der Waals surface area contributed by atoms with E-state index in [0.717, 1.165) is 12.0 Å². The highest BCUT2D eigenvalue weighted by atomic mass is 35.5. The summed E-state index contributed by atoms with van der Waals surface area (Å²) in [4.78, 5) is 0. The monoisotopic (exact) mass is 262 g/mol. The predicted molar refractivity (Wildman–Crippen MR) is 67.1 cm³/mol. The molecule has 2 nitrogen and oxygen atoms in total. The molecular weight excluding hydrogens is 247 g/mol. The van der Waals surface area contributed by atoms with Gasteiger partial charge in [-0.05, 0) is 18.6 Å². The van der Waals surface area contributed by atoms with Crippen molar-refractivity contribution in [2.45, 2.75) is 18.6 Å². The van der Waals surface area contributed by atoms with Gasteiger partial charge in [-0.3, -0.25) is 0 Å². The van der Waals surface area contributed by atoms with Gasteiger partial charge in [0, 0.05) is 37.1 Å². The van der Waals surface area contributed by atoms with Crippen molar-refractivity contribution < 1.29 is 9.47 Å². The number of benzene rings is 1. The van der Waals surface area contributed by atoms with Gasteiger partial charge >= 0.3 is 0 Å². The minimum absolute atomic E-state index is 0.585. The smallest absolute Gasteiger partial charge is 0.194 e. The lowest BCUT2D eigenvalue weighted by molar-refractivity contribution is -0.220. The van der Waals surface area contributed by atoms with Gasteiger partial charge < -0.3 is 9.47 Å². The molecule has 0 aromatic heterocycles. The summed E-state index contributed by atoms with van der Waals surface area (Å²) in [7, 11) is 3.26. The number of alkyl halides is 1. The highest BCUT2D eigenvalue weighted by Gasteiger charge is 2.31. The lowest BCUT2D eigenvalue weighted by Gasteiger charge is -2.31. The van der Waals surface area contributed by atoms with Gasteiger partial charge in [-0.1, -0.05) is 23.7 Å². The Morgan fingerprint density at radius 3 is 2.12 bits per heavy atom. The first kappa shape index (κ1) is 13.8. The maximum Gasteiger partial charge on any atom is 0.194 e. The molecule has 0 fully saturated rings. The van der Waals surface area contributed by atoms with E-state index in [2.05, 4.69) is 0 Å². The van der Waals surface area contributed by atoms with E-state index in [9.17, 15) is 0 Å². The SMILES string of the molecule is COC(CCCCl)(OC)c1ccc(Cl)cc1. The standard InChI is InChI=1S/C12H16Cl2O2/c1-15-12(16-2,8-3-9-13)10-4-6-11(14)7-5-10/h4-7H,3,8-9H2,1-2H3. The second-order valence-corrected chi connectivity index (χ2v) is 4.27. The fourth-order valence-electron chi connectivity index (χ4n) is 1.67. The third kappa shape index (κ3) is 3.11. The van der Waals surface area contributed by atoms with Crippen LogP contribution in [0.3, 0.4) is 0 Å². The summed E-state index contributed by atoms with van der Waals surface area (Å²) in [5, 5.41) is 0.696. The first-order valence-corrected chi connectivity index (χ1v) is 6.02. The van der Waals surface area contributed by atoms with Gasteiger partial charge in [0.2, 0.25) is 0 Å². The van der Waals surface area contributed by atoms with Crippen molar-refractivity contribution in [1.82, 2.24) is 0 Å². The molecule has 16 heavy (non-hydrogen) atoms. The van der Waals surface area contributed by atoms with Gasteiger partial charge in [0.15, 0.2) is 5.79 Å². The number of rotatable bonds is 6. The largest absolute Gasteiger partial charge is 0.349 e. The Hall–Kier alpha value is -0.280. The molecule has 90 valence electrons. The molecule has 0 unspecified atom stereocenters. The molecule has 0 aliphatic carbocycles. The van der Waals surface area contributed by atoms with Crippen LogP contribution in [0.5, 0.6) is 0 Å². The van der Waals surface area contributed by atoms with E-state index in [0.29, 0.717) is 17.3 Å². The van der Waals surface area contributed by atoms with Crippen LogP contribution in [0.2, 0.25) is 5.02 Å². The average Bonchev–Trinajstić information content (AvgIpc) is 2.33. The second kappa shape index (κ2) is 6.45. The van der Waals surface area contributed by atoms with E-state index >= 15 is 0 Å². The Kier molecular flexibility index (Phi) is 5.56. The minimum Gasteiger partial charge on any atom is -0.349 e. The van der Waals surface area contributed by atoms with Crippen LogP contribution in [-0.2, 0) is 15.3 Å². The lowest BCUT2D eigenvalue weighted by atomic mass is 10.0. The molecule has 1 rings (SSSR count). The van der Waals surface area contributed by atoms with E-state index in [4.69, 9.17) is 32.7 Å². The van der Waals surface area contributed by atoms with E-state index in [1.165, 1.54) is 0 Å². The molecule has 1 aromatic rings. The van der Waals surface area contributed by atoms with E-state index < -0.39 is 5.79 Å². The normalized spacial score (nSPS) is 11.8. The summed E-state index contributed by atoms with van der Waals surface area (Å²) in [5.74, 6) is -0.137. The lowest BCUT2D eigenvalue weighted by Crippen LogP contribution is -2.30. The van der Waals surface area contributed by atoms with Crippen LogP contribution in [0.15, 0.2) is 24.3 Å². The molecule has 0 aliphatic heterocycles. The molecule has 0 amide bonds. The molecule has 0 aliphatic rings. The van der Waals surface area contributed by atoms with E-state index in [1.807, 2.05) is 24.3 Å². The number of hydrogen-bond acceptors (Lipinski definition) is 2. The molecule has 0 radical (unpaired) electrons. The number of methoxy groups -OCH3 is 2. The fraction of sp³-hybridized carbons (Fsp3) is 0.500. The van der Waals surface area contributed by atoms with Crippen LogP contribution >= 0.6 is 23.2 Å². The van der Waals surface area contributed by atoms with Gasteiger partial charge in [0.05, 0.1) is 0 Å². The molecule has 0 heterocycles. The van der Waals surface area contributed by atoms with Crippen molar-refractivity contribution in [1.29, 1.82) is 0 Å². The molecule has 4 heteroatoms. The molecule has 0 atom stereocenters. The van der Waals surface area contributed by atoms with Crippen LogP contribution in [-0.4, -0.2) is 20.1 Å². The van der Waals surface area contributed by atoms with Gasteiger partial charge in [-0.2, -0.15) is 0 Å². The maximum absolute atomic E-state index is 5.85. The Bertz CT molecular complexity index is 307. The van der Waals surface area contributed by atoms with Gasteiger partial charge in [-0.25, -0.2) is 0 Å². The molecule has 0 bridgehead atoms. The van der Waals surface area contributed by atoms with Crippen molar-refractivity contribution in [3.63, 3.8) is 0 Å². The summed E-state index contributed by atoms with van der Waals surface area (Å²) < 4.78 is 11.0. The third-order valence-electron chi connectivity index (χ3n) is 2.58. The van der Waals surface area contributed by atoms with Crippen LogP contribution in [0.1, 0.15) is 18.4 Å². The molecule has 0 saturated heterocycles. The van der Waals surface area contributed by atoms with E-state index in [-0.39, 0.29) is 0 Å². The zero-order valence-corrected chi connectivity index (χ0v) is 11.0. The Morgan fingerprint density at radius 1 is 1.12 bits per heavy atom. The van der Waals surface area contributed by atoms with Crippen LogP contribution in [0.25, 0.3) is 0 Å². The molecular formula is C12H16Cl2O2. The molecule has 0 N–H and O–H groups in total. The van der Waals surface area contributed by atoms with Crippen molar-refractivity contribution in [3.05, 3.63) is 34.9 Å².